The third kappa shape index (κ3) is 1.46. The predicted molar refractivity (Wildman–Crippen MR) is 60.3 cm³/mol. The SMILES string of the molecule is CCc1ccc(C)c(C2(N)CCC2)c1. The van der Waals surface area contributed by atoms with Crippen LogP contribution in [0.5, 0.6) is 0 Å². The molecule has 1 aliphatic rings. The largest absolute Gasteiger partial charge is 0.321 e. The fourth-order valence-electron chi connectivity index (χ4n) is 2.25. The zero-order valence-electron chi connectivity index (χ0n) is 9.14. The van der Waals surface area contributed by atoms with Gasteiger partial charge in [-0.05, 0) is 49.3 Å². The van der Waals surface area contributed by atoms with Crippen LogP contribution in [0.3, 0.4) is 0 Å². The summed E-state index contributed by atoms with van der Waals surface area (Å²) in [7, 11) is 0. The van der Waals surface area contributed by atoms with Crippen molar-refractivity contribution < 1.29 is 0 Å². The van der Waals surface area contributed by atoms with Gasteiger partial charge < -0.3 is 5.73 Å². The first-order chi connectivity index (χ1) is 6.65. The molecule has 1 nitrogen and oxygen atoms in total. The third-order valence-corrected chi connectivity index (χ3v) is 3.49. The number of aryl methyl sites for hydroxylation is 2. The quantitative estimate of drug-likeness (QED) is 0.760. The number of rotatable bonds is 2. The summed E-state index contributed by atoms with van der Waals surface area (Å²) >= 11 is 0. The second kappa shape index (κ2) is 3.39. The van der Waals surface area contributed by atoms with E-state index in [2.05, 4.69) is 32.0 Å². The molecule has 76 valence electrons. The zero-order valence-corrected chi connectivity index (χ0v) is 9.14. The van der Waals surface area contributed by atoms with Crippen LogP contribution >= 0.6 is 0 Å². The van der Waals surface area contributed by atoms with E-state index in [9.17, 15) is 0 Å². The highest BCUT2D eigenvalue weighted by molar-refractivity contribution is 5.37. The molecule has 1 aromatic carbocycles. The van der Waals surface area contributed by atoms with Crippen LogP contribution in [0.25, 0.3) is 0 Å². The second-order valence-corrected chi connectivity index (χ2v) is 4.51. The van der Waals surface area contributed by atoms with E-state index < -0.39 is 0 Å². The highest BCUT2D eigenvalue weighted by atomic mass is 14.8. The number of benzene rings is 1. The molecule has 1 heteroatoms. The predicted octanol–water partition coefficient (Wildman–Crippen LogP) is 2.90. The Labute approximate surface area is 86.3 Å². The van der Waals surface area contributed by atoms with Crippen LogP contribution in [-0.4, -0.2) is 0 Å². The van der Waals surface area contributed by atoms with Crippen molar-refractivity contribution in [2.24, 2.45) is 5.73 Å². The second-order valence-electron chi connectivity index (χ2n) is 4.51. The highest BCUT2D eigenvalue weighted by Crippen LogP contribution is 2.40. The minimum atomic E-state index is -0.00470. The molecule has 0 bridgehead atoms. The van der Waals surface area contributed by atoms with Crippen molar-refractivity contribution in [3.8, 4) is 0 Å². The highest BCUT2D eigenvalue weighted by Gasteiger charge is 2.35. The van der Waals surface area contributed by atoms with Crippen LogP contribution in [0.2, 0.25) is 0 Å². The molecule has 0 unspecified atom stereocenters. The lowest BCUT2D eigenvalue weighted by Gasteiger charge is -2.40. The van der Waals surface area contributed by atoms with Crippen molar-refractivity contribution in [1.82, 2.24) is 0 Å². The van der Waals surface area contributed by atoms with Crippen LogP contribution in [-0.2, 0) is 12.0 Å². The maximum absolute atomic E-state index is 6.35. The molecule has 14 heavy (non-hydrogen) atoms. The fourth-order valence-corrected chi connectivity index (χ4v) is 2.25. The summed E-state index contributed by atoms with van der Waals surface area (Å²) in [6.07, 6.45) is 4.69. The summed E-state index contributed by atoms with van der Waals surface area (Å²) in [5.74, 6) is 0. The van der Waals surface area contributed by atoms with Crippen molar-refractivity contribution in [3.05, 3.63) is 34.9 Å². The van der Waals surface area contributed by atoms with Crippen molar-refractivity contribution in [2.45, 2.75) is 45.1 Å². The molecule has 0 spiro atoms. The molecular formula is C13H19N. The lowest BCUT2D eigenvalue weighted by molar-refractivity contribution is 0.252. The van der Waals surface area contributed by atoms with Crippen LogP contribution in [0.4, 0.5) is 0 Å². The van der Waals surface area contributed by atoms with Gasteiger partial charge in [-0.1, -0.05) is 25.1 Å². The molecule has 0 amide bonds. The van der Waals surface area contributed by atoms with Gasteiger partial charge in [0.25, 0.3) is 0 Å². The standard InChI is InChI=1S/C13H19N/c1-3-11-6-5-10(2)12(9-11)13(14)7-4-8-13/h5-6,9H,3-4,7-8,14H2,1-2H3. The van der Waals surface area contributed by atoms with E-state index in [0.717, 1.165) is 19.3 Å². The van der Waals surface area contributed by atoms with Gasteiger partial charge in [0.05, 0.1) is 0 Å². The Morgan fingerprint density at radius 3 is 2.57 bits per heavy atom. The molecule has 0 aliphatic heterocycles. The van der Waals surface area contributed by atoms with Crippen molar-refractivity contribution >= 4 is 0 Å². The van der Waals surface area contributed by atoms with Crippen molar-refractivity contribution in [3.63, 3.8) is 0 Å². The smallest absolute Gasteiger partial charge is 0.0412 e. The third-order valence-electron chi connectivity index (χ3n) is 3.49. The van der Waals surface area contributed by atoms with E-state index in [0.29, 0.717) is 0 Å². The Morgan fingerprint density at radius 2 is 2.07 bits per heavy atom. The van der Waals surface area contributed by atoms with Gasteiger partial charge in [0.2, 0.25) is 0 Å². The molecule has 2 N–H and O–H groups in total. The van der Waals surface area contributed by atoms with Gasteiger partial charge in [0, 0.05) is 5.54 Å². The zero-order chi connectivity index (χ0) is 10.2. The first-order valence-corrected chi connectivity index (χ1v) is 5.54. The number of hydrogen-bond donors (Lipinski definition) is 1. The van der Waals surface area contributed by atoms with Crippen molar-refractivity contribution in [1.29, 1.82) is 0 Å². The van der Waals surface area contributed by atoms with E-state index >= 15 is 0 Å². The summed E-state index contributed by atoms with van der Waals surface area (Å²) in [5, 5.41) is 0. The molecule has 0 atom stereocenters. The maximum Gasteiger partial charge on any atom is 0.0412 e. The molecular weight excluding hydrogens is 170 g/mol. The monoisotopic (exact) mass is 189 g/mol. The van der Waals surface area contributed by atoms with E-state index in [1.807, 2.05) is 0 Å². The van der Waals surface area contributed by atoms with Gasteiger partial charge in [-0.15, -0.1) is 0 Å². The number of hydrogen-bond acceptors (Lipinski definition) is 1. The minimum absolute atomic E-state index is 0.00470. The van der Waals surface area contributed by atoms with Gasteiger partial charge in [-0.3, -0.25) is 0 Å². The molecule has 0 heterocycles. The van der Waals surface area contributed by atoms with Gasteiger partial charge >= 0.3 is 0 Å². The molecule has 2 rings (SSSR count). The van der Waals surface area contributed by atoms with E-state index in [4.69, 9.17) is 5.73 Å². The van der Waals surface area contributed by atoms with E-state index in [-0.39, 0.29) is 5.54 Å². The minimum Gasteiger partial charge on any atom is -0.321 e. The van der Waals surface area contributed by atoms with Crippen LogP contribution in [0.15, 0.2) is 18.2 Å². The van der Waals surface area contributed by atoms with Crippen LogP contribution in [0.1, 0.15) is 42.9 Å². The Bertz CT molecular complexity index is 337. The molecule has 0 saturated heterocycles. The Hall–Kier alpha value is -0.820. The first-order valence-electron chi connectivity index (χ1n) is 5.54. The van der Waals surface area contributed by atoms with Gasteiger partial charge in [0.1, 0.15) is 0 Å². The summed E-state index contributed by atoms with van der Waals surface area (Å²) in [6, 6.07) is 6.72. The lowest BCUT2D eigenvalue weighted by Crippen LogP contribution is -2.43. The van der Waals surface area contributed by atoms with E-state index in [1.165, 1.54) is 23.1 Å². The van der Waals surface area contributed by atoms with Gasteiger partial charge in [0.15, 0.2) is 0 Å². The normalized spacial score (nSPS) is 19.1. The molecule has 1 saturated carbocycles. The number of nitrogens with two attached hydrogens (primary N) is 1. The fraction of sp³-hybridized carbons (Fsp3) is 0.538. The first kappa shape index (κ1) is 9.72. The van der Waals surface area contributed by atoms with Crippen LogP contribution in [0, 0.1) is 6.92 Å². The van der Waals surface area contributed by atoms with Gasteiger partial charge in [-0.2, -0.15) is 0 Å². The Balaban J connectivity index is 2.40. The lowest BCUT2D eigenvalue weighted by atomic mass is 9.71. The summed E-state index contributed by atoms with van der Waals surface area (Å²) < 4.78 is 0. The molecule has 0 radical (unpaired) electrons. The Morgan fingerprint density at radius 1 is 1.36 bits per heavy atom. The van der Waals surface area contributed by atoms with Crippen molar-refractivity contribution in [2.75, 3.05) is 0 Å². The molecule has 1 aliphatic carbocycles. The topological polar surface area (TPSA) is 26.0 Å². The molecule has 1 fully saturated rings. The van der Waals surface area contributed by atoms with E-state index in [1.54, 1.807) is 0 Å². The molecule has 0 aromatic heterocycles. The summed E-state index contributed by atoms with van der Waals surface area (Å²) in [4.78, 5) is 0. The molecule has 1 aromatic rings. The average molecular weight is 189 g/mol. The Kier molecular flexibility index (Phi) is 2.36. The van der Waals surface area contributed by atoms with Gasteiger partial charge in [-0.25, -0.2) is 0 Å². The summed E-state index contributed by atoms with van der Waals surface area (Å²) in [6.45, 7) is 4.36. The maximum atomic E-state index is 6.35. The average Bonchev–Trinajstić information content (AvgIpc) is 2.15. The summed E-state index contributed by atoms with van der Waals surface area (Å²) in [5.41, 5.74) is 10.5. The van der Waals surface area contributed by atoms with Crippen LogP contribution < -0.4 is 5.73 Å².